The Morgan fingerprint density at radius 2 is 1.85 bits per heavy atom. The number of rotatable bonds is 2. The maximum atomic E-state index is 9.79. The third-order valence-electron chi connectivity index (χ3n) is 2.75. The summed E-state index contributed by atoms with van der Waals surface area (Å²) < 4.78 is 6.04. The molecule has 100 valence electrons. The molecule has 1 heterocycles. The van der Waals surface area contributed by atoms with Crippen molar-refractivity contribution in [2.45, 2.75) is 0 Å². The van der Waals surface area contributed by atoms with Gasteiger partial charge in [-0.1, -0.05) is 39.3 Å². The molecular formula is C14H9BrN2O3. The van der Waals surface area contributed by atoms with E-state index in [0.29, 0.717) is 11.4 Å². The van der Waals surface area contributed by atoms with Crippen molar-refractivity contribution in [1.29, 1.82) is 0 Å². The van der Waals surface area contributed by atoms with Gasteiger partial charge in [-0.3, -0.25) is 0 Å². The molecule has 0 bridgehead atoms. The second-order valence-electron chi connectivity index (χ2n) is 4.11. The quantitative estimate of drug-likeness (QED) is 0.701. The smallest absolute Gasteiger partial charge is 0.262 e. The van der Waals surface area contributed by atoms with E-state index in [1.165, 1.54) is 6.07 Å². The van der Waals surface area contributed by atoms with Crippen LogP contribution in [0.3, 0.4) is 0 Å². The van der Waals surface area contributed by atoms with Gasteiger partial charge in [-0.15, -0.1) is 0 Å². The molecule has 3 rings (SSSR count). The van der Waals surface area contributed by atoms with Gasteiger partial charge >= 0.3 is 0 Å². The molecule has 5 nitrogen and oxygen atoms in total. The fraction of sp³-hybridized carbons (Fsp3) is 0. The van der Waals surface area contributed by atoms with Crippen molar-refractivity contribution in [3.8, 4) is 34.3 Å². The minimum absolute atomic E-state index is 0.147. The first kappa shape index (κ1) is 12.7. The Kier molecular flexibility index (Phi) is 3.15. The fourth-order valence-electron chi connectivity index (χ4n) is 1.78. The number of phenols is 2. The minimum Gasteiger partial charge on any atom is -0.504 e. The third-order valence-corrected chi connectivity index (χ3v) is 3.25. The standard InChI is InChI=1S/C14H9BrN2O3/c15-9-4-1-3-8(7-9)13-16-14(20-17-13)10-5-2-6-11(18)12(10)19/h1-7,18-19H. The first-order valence-electron chi connectivity index (χ1n) is 5.76. The van der Waals surface area contributed by atoms with Crippen LogP contribution in [0.25, 0.3) is 22.8 Å². The number of para-hydroxylation sites is 1. The Bertz CT molecular complexity index is 771. The van der Waals surface area contributed by atoms with Crippen LogP contribution in [0.2, 0.25) is 0 Å². The van der Waals surface area contributed by atoms with Crippen LogP contribution < -0.4 is 0 Å². The van der Waals surface area contributed by atoms with E-state index in [2.05, 4.69) is 26.1 Å². The van der Waals surface area contributed by atoms with Gasteiger partial charge in [0.1, 0.15) is 0 Å². The summed E-state index contributed by atoms with van der Waals surface area (Å²) in [6.07, 6.45) is 0. The fourth-order valence-corrected chi connectivity index (χ4v) is 2.18. The maximum Gasteiger partial charge on any atom is 0.262 e. The molecule has 2 aromatic carbocycles. The van der Waals surface area contributed by atoms with Crippen LogP contribution in [0.15, 0.2) is 51.5 Å². The Balaban J connectivity index is 2.04. The molecule has 1 aromatic heterocycles. The molecule has 2 N–H and O–H groups in total. The summed E-state index contributed by atoms with van der Waals surface area (Å²) in [6, 6.07) is 12.0. The zero-order chi connectivity index (χ0) is 14.1. The van der Waals surface area contributed by atoms with E-state index >= 15 is 0 Å². The van der Waals surface area contributed by atoms with E-state index in [9.17, 15) is 10.2 Å². The summed E-state index contributed by atoms with van der Waals surface area (Å²) in [6.45, 7) is 0. The highest BCUT2D eigenvalue weighted by atomic mass is 79.9. The number of aromatic nitrogens is 2. The number of halogens is 1. The molecule has 0 aliphatic heterocycles. The predicted molar refractivity (Wildman–Crippen MR) is 76.2 cm³/mol. The van der Waals surface area contributed by atoms with Crippen LogP contribution >= 0.6 is 15.9 Å². The molecule has 3 aromatic rings. The number of hydrogen-bond donors (Lipinski definition) is 2. The van der Waals surface area contributed by atoms with Gasteiger partial charge in [0.05, 0.1) is 5.56 Å². The molecule has 0 radical (unpaired) electrons. The second-order valence-corrected chi connectivity index (χ2v) is 5.02. The number of benzene rings is 2. The summed E-state index contributed by atoms with van der Waals surface area (Å²) in [7, 11) is 0. The monoisotopic (exact) mass is 332 g/mol. The first-order valence-corrected chi connectivity index (χ1v) is 6.55. The summed E-state index contributed by atoms with van der Waals surface area (Å²) in [5.74, 6) is 0.0408. The highest BCUT2D eigenvalue weighted by Gasteiger charge is 2.15. The molecule has 0 spiro atoms. The largest absolute Gasteiger partial charge is 0.504 e. The zero-order valence-corrected chi connectivity index (χ0v) is 11.7. The highest BCUT2D eigenvalue weighted by molar-refractivity contribution is 9.10. The van der Waals surface area contributed by atoms with Crippen molar-refractivity contribution in [2.24, 2.45) is 0 Å². The molecule has 0 unspecified atom stereocenters. The van der Waals surface area contributed by atoms with E-state index in [-0.39, 0.29) is 17.4 Å². The van der Waals surface area contributed by atoms with Crippen LogP contribution in [0.1, 0.15) is 0 Å². The lowest BCUT2D eigenvalue weighted by Gasteiger charge is -2.00. The molecule has 0 fully saturated rings. The molecule has 0 atom stereocenters. The van der Waals surface area contributed by atoms with E-state index in [1.807, 2.05) is 24.3 Å². The lowest BCUT2D eigenvalue weighted by molar-refractivity contribution is 0.397. The van der Waals surface area contributed by atoms with Crippen molar-refractivity contribution in [2.75, 3.05) is 0 Å². The lowest BCUT2D eigenvalue weighted by atomic mass is 10.2. The predicted octanol–water partition coefficient (Wildman–Crippen LogP) is 3.58. The summed E-state index contributed by atoms with van der Waals surface area (Å²) in [4.78, 5) is 4.22. The van der Waals surface area contributed by atoms with Gasteiger partial charge in [0.15, 0.2) is 11.5 Å². The molecular weight excluding hydrogens is 324 g/mol. The Morgan fingerprint density at radius 3 is 2.65 bits per heavy atom. The van der Waals surface area contributed by atoms with Gasteiger partial charge < -0.3 is 14.7 Å². The van der Waals surface area contributed by atoms with Crippen molar-refractivity contribution < 1.29 is 14.7 Å². The van der Waals surface area contributed by atoms with Crippen LogP contribution in [0, 0.1) is 0 Å². The van der Waals surface area contributed by atoms with E-state index < -0.39 is 0 Å². The van der Waals surface area contributed by atoms with E-state index in [0.717, 1.165) is 10.0 Å². The average Bonchev–Trinajstić information content (AvgIpc) is 2.91. The summed E-state index contributed by atoms with van der Waals surface area (Å²) in [5, 5.41) is 23.1. The van der Waals surface area contributed by atoms with E-state index in [1.54, 1.807) is 12.1 Å². The second kappa shape index (κ2) is 4.97. The van der Waals surface area contributed by atoms with Gasteiger partial charge in [0, 0.05) is 10.0 Å². The van der Waals surface area contributed by atoms with Gasteiger partial charge in [-0.25, -0.2) is 0 Å². The van der Waals surface area contributed by atoms with Crippen molar-refractivity contribution in [1.82, 2.24) is 10.1 Å². The van der Waals surface area contributed by atoms with Gasteiger partial charge in [0.2, 0.25) is 5.82 Å². The highest BCUT2D eigenvalue weighted by Crippen LogP contribution is 2.35. The van der Waals surface area contributed by atoms with Crippen LogP contribution in [-0.4, -0.2) is 20.4 Å². The molecule has 0 amide bonds. The average molecular weight is 333 g/mol. The molecule has 0 aliphatic rings. The van der Waals surface area contributed by atoms with Gasteiger partial charge in [0.25, 0.3) is 5.89 Å². The molecule has 0 saturated carbocycles. The van der Waals surface area contributed by atoms with Crippen LogP contribution in [0.4, 0.5) is 0 Å². The van der Waals surface area contributed by atoms with Gasteiger partial charge in [-0.05, 0) is 24.3 Å². The Labute approximate surface area is 122 Å². The van der Waals surface area contributed by atoms with Gasteiger partial charge in [-0.2, -0.15) is 4.98 Å². The normalized spacial score (nSPS) is 10.7. The molecule has 0 aliphatic carbocycles. The molecule has 6 heteroatoms. The zero-order valence-electron chi connectivity index (χ0n) is 10.1. The van der Waals surface area contributed by atoms with Crippen molar-refractivity contribution in [3.05, 3.63) is 46.9 Å². The lowest BCUT2D eigenvalue weighted by Crippen LogP contribution is -1.82. The van der Waals surface area contributed by atoms with Crippen molar-refractivity contribution in [3.63, 3.8) is 0 Å². The topological polar surface area (TPSA) is 79.4 Å². The SMILES string of the molecule is Oc1cccc(-c2nc(-c3cccc(Br)c3)no2)c1O. The summed E-state index contributed by atoms with van der Waals surface area (Å²) >= 11 is 3.37. The Hall–Kier alpha value is -2.34. The van der Waals surface area contributed by atoms with Crippen LogP contribution in [0.5, 0.6) is 11.5 Å². The minimum atomic E-state index is -0.281. The van der Waals surface area contributed by atoms with Crippen LogP contribution in [-0.2, 0) is 0 Å². The first-order chi connectivity index (χ1) is 9.65. The third kappa shape index (κ3) is 2.25. The van der Waals surface area contributed by atoms with E-state index in [4.69, 9.17) is 4.52 Å². The maximum absolute atomic E-state index is 9.79. The number of phenolic OH excluding ortho intramolecular Hbond substituents is 2. The van der Waals surface area contributed by atoms with Crippen molar-refractivity contribution >= 4 is 15.9 Å². The molecule has 0 saturated heterocycles. The Morgan fingerprint density at radius 1 is 1.05 bits per heavy atom. The molecule has 20 heavy (non-hydrogen) atoms. The number of aromatic hydroxyl groups is 2. The number of nitrogens with zero attached hydrogens (tertiary/aromatic N) is 2. The summed E-state index contributed by atoms with van der Waals surface area (Å²) in [5.41, 5.74) is 1.08. The number of hydrogen-bond acceptors (Lipinski definition) is 5.